The molecule has 11 heteroatoms. The van der Waals surface area contributed by atoms with E-state index < -0.39 is 23.6 Å². The summed E-state index contributed by atoms with van der Waals surface area (Å²) >= 11 is 0. The van der Waals surface area contributed by atoms with E-state index >= 15 is 0 Å². The molecule has 11 nitrogen and oxygen atoms in total. The fourth-order valence-electron chi connectivity index (χ4n) is 5.84. The summed E-state index contributed by atoms with van der Waals surface area (Å²) in [6, 6.07) is 13.3. The summed E-state index contributed by atoms with van der Waals surface area (Å²) in [7, 11) is 3.83. The molecule has 0 bridgehead atoms. The Morgan fingerprint density at radius 3 is 2.18 bits per heavy atom. The molecule has 0 spiro atoms. The topological polar surface area (TPSA) is 134 Å². The van der Waals surface area contributed by atoms with Crippen LogP contribution in [0.25, 0.3) is 0 Å². The van der Waals surface area contributed by atoms with Crippen LogP contribution in [0.1, 0.15) is 95.8 Å². The molecular weight excluding hydrogens is 624 g/mol. The van der Waals surface area contributed by atoms with E-state index in [1.165, 1.54) is 16.0 Å². The predicted molar refractivity (Wildman–Crippen MR) is 191 cm³/mol. The molecule has 2 aromatic carbocycles. The molecule has 2 aromatic rings. The highest BCUT2D eigenvalue weighted by Crippen LogP contribution is 2.32. The number of carbonyl (C=O) groups is 5. The first-order valence-electron chi connectivity index (χ1n) is 17.3. The molecule has 49 heavy (non-hydrogen) atoms. The number of ether oxygens (including phenoxy) is 2. The summed E-state index contributed by atoms with van der Waals surface area (Å²) in [6.45, 7) is 7.71. The summed E-state index contributed by atoms with van der Waals surface area (Å²) in [5, 5.41) is 5.19. The van der Waals surface area contributed by atoms with Crippen molar-refractivity contribution < 1.29 is 33.4 Å². The largest absolute Gasteiger partial charge is 0.444 e. The summed E-state index contributed by atoms with van der Waals surface area (Å²) in [4.78, 5) is 62.7. The van der Waals surface area contributed by atoms with Crippen molar-refractivity contribution in [3.63, 3.8) is 0 Å². The normalized spacial score (nSPS) is 15.9. The van der Waals surface area contributed by atoms with Crippen LogP contribution in [0.4, 0.5) is 16.2 Å². The number of alkyl carbamates (subject to hydrolysis) is 1. The van der Waals surface area contributed by atoms with Gasteiger partial charge in [0.25, 0.3) is 0 Å². The first kappa shape index (κ1) is 39.2. The number of carbonyl (C=O) groups excluding carboxylic acids is 5. The van der Waals surface area contributed by atoms with E-state index in [0.29, 0.717) is 38.0 Å². The molecule has 0 aromatic heterocycles. The van der Waals surface area contributed by atoms with Gasteiger partial charge in [-0.15, -0.1) is 0 Å². The lowest BCUT2D eigenvalue weighted by Crippen LogP contribution is -2.52. The maximum Gasteiger partial charge on any atom is 0.407 e. The minimum atomic E-state index is -0.708. The molecule has 1 fully saturated rings. The molecule has 1 heterocycles. The van der Waals surface area contributed by atoms with Crippen molar-refractivity contribution in [1.82, 2.24) is 10.6 Å². The zero-order chi connectivity index (χ0) is 36.0. The van der Waals surface area contributed by atoms with Crippen LogP contribution in [0.15, 0.2) is 42.5 Å². The maximum atomic E-state index is 12.4. The third kappa shape index (κ3) is 12.9. The average Bonchev–Trinajstić information content (AvgIpc) is 3.04. The number of nitrogens with one attached hydrogen (secondary N) is 2. The van der Waals surface area contributed by atoms with Gasteiger partial charge in [0.15, 0.2) is 0 Å². The van der Waals surface area contributed by atoms with Crippen LogP contribution in [0.5, 0.6) is 0 Å². The molecule has 1 aliphatic rings. The minimum absolute atomic E-state index is 0.207. The number of amides is 4. The van der Waals surface area contributed by atoms with Gasteiger partial charge in [0, 0.05) is 26.9 Å². The van der Waals surface area contributed by atoms with E-state index in [1.807, 2.05) is 38.1 Å². The third-order valence-corrected chi connectivity index (χ3v) is 8.54. The van der Waals surface area contributed by atoms with Crippen LogP contribution in [-0.4, -0.2) is 68.5 Å². The van der Waals surface area contributed by atoms with Gasteiger partial charge in [-0.2, -0.15) is 0 Å². The maximum absolute atomic E-state index is 12.4. The highest BCUT2D eigenvalue weighted by atomic mass is 16.6. The van der Waals surface area contributed by atoms with E-state index in [4.69, 9.17) is 9.47 Å². The molecule has 3 atom stereocenters. The number of piperidine rings is 1. The number of nitrogens with zero attached hydrogens (tertiary/aromatic N) is 2. The second-order valence-electron chi connectivity index (χ2n) is 13.9. The van der Waals surface area contributed by atoms with E-state index in [9.17, 15) is 24.0 Å². The Morgan fingerprint density at radius 2 is 1.59 bits per heavy atom. The Hall–Kier alpha value is -4.25. The first-order chi connectivity index (χ1) is 23.3. The Kier molecular flexibility index (Phi) is 15.3. The quantitative estimate of drug-likeness (QED) is 0.111. The van der Waals surface area contributed by atoms with Gasteiger partial charge in [-0.1, -0.05) is 43.2 Å². The summed E-state index contributed by atoms with van der Waals surface area (Å²) < 4.78 is 11.4. The molecule has 1 saturated heterocycles. The standard InChI is InChI=1S/C38H54N4O7/c1-27(31(14-11-23-43)39-37(47)49-38(2,3)4)48-25-30-17-15-28(16-18-30)12-9-7-8-10-13-29-19-20-32(34(24-29)41(5)6)42(26-44)33-21-22-35(45)40-36(33)46/h15-20,23-24,26-27,31,33H,7-14,21-22,25H2,1-6H3,(H,39,47)(H,40,45,46)/t27-,31?,33?/m1/s1. The number of hydrogen-bond donors (Lipinski definition) is 2. The van der Waals surface area contributed by atoms with Crippen molar-refractivity contribution in [3.05, 3.63) is 59.2 Å². The molecule has 4 amide bonds. The summed E-state index contributed by atoms with van der Waals surface area (Å²) in [5.74, 6) is -0.755. The second kappa shape index (κ2) is 19.1. The number of anilines is 2. The molecule has 268 valence electrons. The van der Waals surface area contributed by atoms with Gasteiger partial charge >= 0.3 is 6.09 Å². The van der Waals surface area contributed by atoms with E-state index in [0.717, 1.165) is 56.1 Å². The lowest BCUT2D eigenvalue weighted by Gasteiger charge is -2.32. The number of rotatable bonds is 19. The molecule has 1 aliphatic heterocycles. The van der Waals surface area contributed by atoms with Crippen LogP contribution in [0, 0.1) is 0 Å². The summed E-state index contributed by atoms with van der Waals surface area (Å²) in [6.07, 6.45) is 8.24. The van der Waals surface area contributed by atoms with Gasteiger partial charge < -0.3 is 29.4 Å². The third-order valence-electron chi connectivity index (χ3n) is 8.54. The number of unbranched alkanes of at least 4 members (excludes halogenated alkanes) is 3. The van der Waals surface area contributed by atoms with Crippen molar-refractivity contribution in [2.24, 2.45) is 0 Å². The number of imide groups is 1. The number of hydrogen-bond acceptors (Lipinski definition) is 8. The molecule has 0 saturated carbocycles. The first-order valence-corrected chi connectivity index (χ1v) is 17.3. The minimum Gasteiger partial charge on any atom is -0.444 e. The Labute approximate surface area is 291 Å². The van der Waals surface area contributed by atoms with Gasteiger partial charge in [-0.25, -0.2) is 4.79 Å². The van der Waals surface area contributed by atoms with Crippen LogP contribution < -0.4 is 20.4 Å². The van der Waals surface area contributed by atoms with Crippen molar-refractivity contribution in [3.8, 4) is 0 Å². The van der Waals surface area contributed by atoms with E-state index in [2.05, 4.69) is 41.0 Å². The van der Waals surface area contributed by atoms with Gasteiger partial charge in [-0.05, 0) is 95.0 Å². The van der Waals surface area contributed by atoms with Crippen LogP contribution >= 0.6 is 0 Å². The highest BCUT2D eigenvalue weighted by Gasteiger charge is 2.33. The molecule has 0 aliphatic carbocycles. The van der Waals surface area contributed by atoms with Gasteiger partial charge in [0.2, 0.25) is 18.2 Å². The van der Waals surface area contributed by atoms with E-state index in [-0.39, 0.29) is 24.5 Å². The molecule has 2 N–H and O–H groups in total. The Balaban J connectivity index is 1.42. The Morgan fingerprint density at radius 1 is 0.959 bits per heavy atom. The van der Waals surface area contributed by atoms with Crippen LogP contribution in [0.3, 0.4) is 0 Å². The summed E-state index contributed by atoms with van der Waals surface area (Å²) in [5.41, 5.74) is 4.38. The van der Waals surface area contributed by atoms with Crippen molar-refractivity contribution >= 4 is 42.0 Å². The molecular formula is C38H54N4O7. The van der Waals surface area contributed by atoms with Gasteiger partial charge in [-0.3, -0.25) is 19.7 Å². The lowest BCUT2D eigenvalue weighted by atomic mass is 10.0. The van der Waals surface area contributed by atoms with Crippen molar-refractivity contribution in [2.45, 2.75) is 122 Å². The zero-order valence-electron chi connectivity index (χ0n) is 30.0. The zero-order valence-corrected chi connectivity index (χ0v) is 30.0. The van der Waals surface area contributed by atoms with Crippen LogP contribution in [0.2, 0.25) is 0 Å². The second-order valence-corrected chi connectivity index (χ2v) is 13.9. The lowest BCUT2D eigenvalue weighted by molar-refractivity contribution is -0.134. The highest BCUT2D eigenvalue weighted by molar-refractivity contribution is 6.04. The number of aldehydes is 1. The fourth-order valence-corrected chi connectivity index (χ4v) is 5.84. The fraction of sp³-hybridized carbons (Fsp3) is 0.553. The Bertz CT molecular complexity index is 1400. The molecule has 3 rings (SSSR count). The van der Waals surface area contributed by atoms with Gasteiger partial charge in [0.1, 0.15) is 17.9 Å². The molecule has 0 radical (unpaired) electrons. The SMILES string of the molecule is C[C@@H](OCc1ccc(CCCCCCc2ccc(N(C=O)C3CCC(=O)NC3=O)c(N(C)C)c2)cc1)C(CCC=O)NC(=O)OC(C)(C)C. The van der Waals surface area contributed by atoms with Gasteiger partial charge in [0.05, 0.1) is 30.1 Å². The monoisotopic (exact) mass is 678 g/mol. The van der Waals surface area contributed by atoms with Crippen LogP contribution in [-0.2, 0) is 48.1 Å². The average molecular weight is 679 g/mol. The number of aryl methyl sites for hydroxylation is 2. The van der Waals surface area contributed by atoms with Crippen molar-refractivity contribution in [2.75, 3.05) is 23.9 Å². The number of benzene rings is 2. The smallest absolute Gasteiger partial charge is 0.407 e. The van der Waals surface area contributed by atoms with Crippen molar-refractivity contribution in [1.29, 1.82) is 0 Å². The molecule has 2 unspecified atom stereocenters. The predicted octanol–water partition coefficient (Wildman–Crippen LogP) is 5.64. The van der Waals surface area contributed by atoms with E-state index in [1.54, 1.807) is 20.8 Å².